The van der Waals surface area contributed by atoms with Crippen LogP contribution in [-0.2, 0) is 6.42 Å². The Labute approximate surface area is 123 Å². The Morgan fingerprint density at radius 1 is 1.32 bits per heavy atom. The number of halogens is 1. The SMILES string of the molecule is CCCCc1oc(=O)c2c3c(ccc2c1I)OCO3. The number of rotatable bonds is 3. The number of fused-ring (bicyclic) bond motifs is 3. The van der Waals surface area contributed by atoms with Crippen LogP contribution in [0.1, 0.15) is 25.5 Å². The summed E-state index contributed by atoms with van der Waals surface area (Å²) in [6, 6.07) is 3.74. The largest absolute Gasteiger partial charge is 0.454 e. The van der Waals surface area contributed by atoms with Crippen molar-refractivity contribution in [3.63, 3.8) is 0 Å². The highest BCUT2D eigenvalue weighted by atomic mass is 127. The molecular formula is C14H13IO4. The van der Waals surface area contributed by atoms with E-state index in [-0.39, 0.29) is 12.4 Å². The van der Waals surface area contributed by atoms with Crippen LogP contribution >= 0.6 is 22.6 Å². The lowest BCUT2D eigenvalue weighted by molar-refractivity contribution is 0.174. The van der Waals surface area contributed by atoms with E-state index in [0.717, 1.165) is 34.0 Å². The topological polar surface area (TPSA) is 48.7 Å². The van der Waals surface area contributed by atoms with E-state index in [4.69, 9.17) is 13.9 Å². The van der Waals surface area contributed by atoms with Gasteiger partial charge in [-0.05, 0) is 41.1 Å². The van der Waals surface area contributed by atoms with Gasteiger partial charge in [0.1, 0.15) is 11.1 Å². The van der Waals surface area contributed by atoms with Crippen molar-refractivity contribution in [3.05, 3.63) is 31.9 Å². The summed E-state index contributed by atoms with van der Waals surface area (Å²) in [5.74, 6) is 1.88. The third-order valence-corrected chi connectivity index (χ3v) is 4.38. The first-order valence-corrected chi connectivity index (χ1v) is 7.34. The summed E-state index contributed by atoms with van der Waals surface area (Å²) in [6.45, 7) is 2.27. The Bertz CT molecular complexity index is 690. The Morgan fingerprint density at radius 3 is 2.95 bits per heavy atom. The van der Waals surface area contributed by atoms with Crippen LogP contribution in [0.25, 0.3) is 10.8 Å². The highest BCUT2D eigenvalue weighted by Gasteiger charge is 2.22. The van der Waals surface area contributed by atoms with Gasteiger partial charge < -0.3 is 13.9 Å². The van der Waals surface area contributed by atoms with Crippen molar-refractivity contribution in [2.45, 2.75) is 26.2 Å². The molecule has 0 saturated heterocycles. The van der Waals surface area contributed by atoms with Crippen molar-refractivity contribution in [3.8, 4) is 11.5 Å². The summed E-state index contributed by atoms with van der Waals surface area (Å²) in [5.41, 5.74) is -0.344. The van der Waals surface area contributed by atoms with Gasteiger partial charge in [-0.15, -0.1) is 0 Å². The molecular weight excluding hydrogens is 359 g/mol. The molecule has 0 bridgehead atoms. The molecule has 0 unspecified atom stereocenters. The minimum atomic E-state index is -0.344. The van der Waals surface area contributed by atoms with Gasteiger partial charge in [-0.2, -0.15) is 0 Å². The van der Waals surface area contributed by atoms with Crippen LogP contribution in [0, 0.1) is 3.57 Å². The summed E-state index contributed by atoms with van der Waals surface area (Å²) in [6.07, 6.45) is 2.86. The van der Waals surface area contributed by atoms with Gasteiger partial charge in [0.15, 0.2) is 11.5 Å². The van der Waals surface area contributed by atoms with Crippen LogP contribution in [-0.4, -0.2) is 6.79 Å². The molecule has 1 aliphatic rings. The van der Waals surface area contributed by atoms with Crippen LogP contribution < -0.4 is 15.1 Å². The summed E-state index contributed by atoms with van der Waals surface area (Å²) in [4.78, 5) is 12.2. The highest BCUT2D eigenvalue weighted by Crippen LogP contribution is 2.39. The molecule has 19 heavy (non-hydrogen) atoms. The predicted molar refractivity (Wildman–Crippen MR) is 79.9 cm³/mol. The monoisotopic (exact) mass is 372 g/mol. The maximum Gasteiger partial charge on any atom is 0.347 e. The molecule has 2 aromatic rings. The molecule has 0 radical (unpaired) electrons. The van der Waals surface area contributed by atoms with Gasteiger partial charge in [-0.1, -0.05) is 13.3 Å². The van der Waals surface area contributed by atoms with Gasteiger partial charge in [0, 0.05) is 11.8 Å². The molecule has 0 fully saturated rings. The minimum Gasteiger partial charge on any atom is -0.454 e. The molecule has 5 heteroatoms. The van der Waals surface area contributed by atoms with Gasteiger partial charge in [0.2, 0.25) is 6.79 Å². The lowest BCUT2D eigenvalue weighted by Gasteiger charge is -2.07. The van der Waals surface area contributed by atoms with E-state index in [1.807, 2.05) is 12.1 Å². The first-order chi connectivity index (χ1) is 9.22. The second kappa shape index (κ2) is 5.03. The van der Waals surface area contributed by atoms with Crippen LogP contribution in [0.15, 0.2) is 21.3 Å². The first kappa shape index (κ1) is 12.8. The highest BCUT2D eigenvalue weighted by molar-refractivity contribution is 14.1. The van der Waals surface area contributed by atoms with E-state index in [1.54, 1.807) is 0 Å². The summed E-state index contributed by atoms with van der Waals surface area (Å²) >= 11 is 2.23. The number of hydrogen-bond acceptors (Lipinski definition) is 4. The molecule has 0 saturated carbocycles. The Kier molecular flexibility index (Phi) is 3.38. The quantitative estimate of drug-likeness (QED) is 0.775. The predicted octanol–water partition coefficient (Wildman–Crippen LogP) is 3.47. The van der Waals surface area contributed by atoms with Gasteiger partial charge in [-0.25, -0.2) is 4.79 Å². The summed E-state index contributed by atoms with van der Waals surface area (Å²) in [7, 11) is 0. The third-order valence-electron chi connectivity index (χ3n) is 3.20. The van der Waals surface area contributed by atoms with Gasteiger partial charge >= 0.3 is 5.63 Å². The van der Waals surface area contributed by atoms with E-state index in [1.165, 1.54) is 0 Å². The molecule has 1 aromatic heterocycles. The molecule has 1 aromatic carbocycles. The maximum absolute atomic E-state index is 12.2. The van der Waals surface area contributed by atoms with Crippen LogP contribution in [0.4, 0.5) is 0 Å². The van der Waals surface area contributed by atoms with E-state index in [2.05, 4.69) is 29.5 Å². The van der Waals surface area contributed by atoms with E-state index in [0.29, 0.717) is 16.9 Å². The van der Waals surface area contributed by atoms with Crippen molar-refractivity contribution in [1.29, 1.82) is 0 Å². The molecule has 2 heterocycles. The van der Waals surface area contributed by atoms with E-state index >= 15 is 0 Å². The normalized spacial score (nSPS) is 13.2. The average molecular weight is 372 g/mol. The molecule has 4 nitrogen and oxygen atoms in total. The molecule has 1 aliphatic heterocycles. The molecule has 0 aliphatic carbocycles. The Hall–Kier alpha value is -1.24. The molecule has 0 N–H and O–H groups in total. The van der Waals surface area contributed by atoms with Crippen molar-refractivity contribution in [2.75, 3.05) is 6.79 Å². The number of ether oxygens (including phenoxy) is 2. The summed E-state index contributed by atoms with van der Waals surface area (Å²) < 4.78 is 17.1. The van der Waals surface area contributed by atoms with E-state index < -0.39 is 0 Å². The fourth-order valence-electron chi connectivity index (χ4n) is 2.21. The number of hydrogen-bond donors (Lipinski definition) is 0. The molecule has 0 spiro atoms. The standard InChI is InChI=1S/C14H13IO4/c1-2-3-4-9-12(15)8-5-6-10-13(18-7-17-10)11(8)14(16)19-9/h5-6H,2-4,7H2,1H3. The van der Waals surface area contributed by atoms with Crippen LogP contribution in [0.2, 0.25) is 0 Å². The third kappa shape index (κ3) is 2.09. The van der Waals surface area contributed by atoms with Crippen molar-refractivity contribution in [1.82, 2.24) is 0 Å². The zero-order valence-corrected chi connectivity index (χ0v) is 12.7. The number of aryl methyl sites for hydroxylation is 1. The Balaban J connectivity index is 2.24. The summed E-state index contributed by atoms with van der Waals surface area (Å²) in [5, 5.41) is 1.37. The second-order valence-electron chi connectivity index (χ2n) is 4.45. The zero-order chi connectivity index (χ0) is 13.4. The zero-order valence-electron chi connectivity index (χ0n) is 10.5. The smallest absolute Gasteiger partial charge is 0.347 e. The lowest BCUT2D eigenvalue weighted by atomic mass is 10.1. The fourth-order valence-corrected chi connectivity index (χ4v) is 3.04. The fraction of sp³-hybridized carbons (Fsp3) is 0.357. The molecule has 3 rings (SSSR count). The second-order valence-corrected chi connectivity index (χ2v) is 5.53. The molecule has 0 atom stereocenters. The van der Waals surface area contributed by atoms with E-state index in [9.17, 15) is 4.79 Å². The molecule has 0 amide bonds. The van der Waals surface area contributed by atoms with Crippen molar-refractivity contribution < 1.29 is 13.9 Å². The number of benzene rings is 1. The van der Waals surface area contributed by atoms with Crippen molar-refractivity contribution >= 4 is 33.4 Å². The van der Waals surface area contributed by atoms with Gasteiger partial charge in [0.05, 0.1) is 3.57 Å². The Morgan fingerprint density at radius 2 is 2.16 bits per heavy atom. The van der Waals surface area contributed by atoms with Crippen molar-refractivity contribution in [2.24, 2.45) is 0 Å². The van der Waals surface area contributed by atoms with Gasteiger partial charge in [-0.3, -0.25) is 0 Å². The van der Waals surface area contributed by atoms with Gasteiger partial charge in [0.25, 0.3) is 0 Å². The van der Waals surface area contributed by atoms with Crippen LogP contribution in [0.3, 0.4) is 0 Å². The first-order valence-electron chi connectivity index (χ1n) is 6.26. The maximum atomic E-state index is 12.2. The lowest BCUT2D eigenvalue weighted by Crippen LogP contribution is -2.06. The molecule has 100 valence electrons. The average Bonchev–Trinajstić information content (AvgIpc) is 2.88. The minimum absolute atomic E-state index is 0.155. The number of unbranched alkanes of at least 4 members (excludes halogenated alkanes) is 1. The van der Waals surface area contributed by atoms with Crippen LogP contribution in [0.5, 0.6) is 11.5 Å².